The molecule has 0 unspecified atom stereocenters. The summed E-state index contributed by atoms with van der Waals surface area (Å²) in [5.74, 6) is 0.359. The fourth-order valence-corrected chi connectivity index (χ4v) is 20.6. The average Bonchev–Trinajstić information content (AvgIpc) is 2.69. The number of benzene rings is 1. The summed E-state index contributed by atoms with van der Waals surface area (Å²) in [6.07, 6.45) is 12.2. The summed E-state index contributed by atoms with van der Waals surface area (Å²) in [6.45, 7) is 9.11. The van der Waals surface area contributed by atoms with E-state index in [1.165, 1.54) is 55.4 Å². The van der Waals surface area contributed by atoms with E-state index in [4.69, 9.17) is 0 Å². The SMILES string of the molecule is CCC/C=[C](\C(=O)c1ccccc1)[Sn]([CH2]CCC)([CH2]CCC)[CH2]CCC. The molecule has 26 heavy (non-hydrogen) atoms. The van der Waals surface area contributed by atoms with Crippen molar-refractivity contribution in [2.45, 2.75) is 92.4 Å². The summed E-state index contributed by atoms with van der Waals surface area (Å²) in [4.78, 5) is 13.6. The van der Waals surface area contributed by atoms with Crippen LogP contribution in [0.15, 0.2) is 40.0 Å². The minimum absolute atomic E-state index is 0.359. The molecule has 1 rings (SSSR count). The molecule has 0 spiro atoms. The normalized spacial score (nSPS) is 12.4. The zero-order chi connectivity index (χ0) is 19.3. The zero-order valence-electron chi connectivity index (χ0n) is 17.7. The van der Waals surface area contributed by atoms with E-state index >= 15 is 0 Å². The number of hydrogen-bond donors (Lipinski definition) is 0. The van der Waals surface area contributed by atoms with Gasteiger partial charge in [0.2, 0.25) is 0 Å². The predicted molar refractivity (Wildman–Crippen MR) is 119 cm³/mol. The van der Waals surface area contributed by atoms with Gasteiger partial charge in [-0.15, -0.1) is 0 Å². The van der Waals surface area contributed by atoms with E-state index in [-0.39, 0.29) is 0 Å². The first-order chi connectivity index (χ1) is 12.6. The summed E-state index contributed by atoms with van der Waals surface area (Å²) in [7, 11) is 0. The second kappa shape index (κ2) is 13.6. The van der Waals surface area contributed by atoms with Crippen LogP contribution >= 0.6 is 0 Å². The van der Waals surface area contributed by atoms with Gasteiger partial charge in [-0.3, -0.25) is 0 Å². The number of carbonyl (C=O) groups is 1. The summed E-state index contributed by atoms with van der Waals surface area (Å²) >= 11 is -2.69. The van der Waals surface area contributed by atoms with Gasteiger partial charge in [-0.25, -0.2) is 0 Å². The molecule has 0 saturated carbocycles. The van der Waals surface area contributed by atoms with Crippen LogP contribution in [-0.2, 0) is 0 Å². The molecule has 0 aliphatic heterocycles. The summed E-state index contributed by atoms with van der Waals surface area (Å²) in [6, 6.07) is 10.0. The van der Waals surface area contributed by atoms with Crippen molar-refractivity contribution in [1.82, 2.24) is 0 Å². The molecule has 1 aromatic rings. The summed E-state index contributed by atoms with van der Waals surface area (Å²) < 4.78 is 5.40. The molecule has 0 radical (unpaired) electrons. The number of unbranched alkanes of at least 4 members (excludes halogenated alkanes) is 4. The Morgan fingerprint density at radius 3 is 1.73 bits per heavy atom. The second-order valence-corrected chi connectivity index (χ2v) is 20.8. The molecular weight excluding hydrogens is 423 g/mol. The van der Waals surface area contributed by atoms with Gasteiger partial charge in [0.1, 0.15) is 0 Å². The van der Waals surface area contributed by atoms with Crippen molar-refractivity contribution in [1.29, 1.82) is 0 Å². The van der Waals surface area contributed by atoms with E-state index in [2.05, 4.69) is 33.8 Å². The Labute approximate surface area is 166 Å². The Balaban J connectivity index is 3.34. The standard InChI is InChI=1S/C12H13O.3C4H9.Sn/c1-2-3-5-10-12(13)11-8-6-4-7-9-11;3*1-3-4-2;/h4-9H,2-3H2,1H3;3*1,3-4H2,2H3;. The molecule has 0 fully saturated rings. The molecule has 0 atom stereocenters. The van der Waals surface area contributed by atoms with E-state index in [0.29, 0.717) is 5.78 Å². The van der Waals surface area contributed by atoms with Crippen LogP contribution in [0.3, 0.4) is 0 Å². The summed E-state index contributed by atoms with van der Waals surface area (Å²) in [5, 5.41) is 0. The number of rotatable bonds is 14. The third-order valence-corrected chi connectivity index (χ3v) is 21.2. The van der Waals surface area contributed by atoms with Gasteiger partial charge in [-0.2, -0.15) is 0 Å². The molecule has 0 aliphatic carbocycles. The first-order valence-electron chi connectivity index (χ1n) is 11.0. The molecule has 0 aliphatic rings. The van der Waals surface area contributed by atoms with Gasteiger partial charge in [0.15, 0.2) is 0 Å². The topological polar surface area (TPSA) is 17.1 Å². The van der Waals surface area contributed by atoms with Crippen molar-refractivity contribution in [3.8, 4) is 0 Å². The monoisotopic (exact) mass is 464 g/mol. The predicted octanol–water partition coefficient (Wildman–Crippen LogP) is 7.98. The first kappa shape index (κ1) is 23.5. The summed E-state index contributed by atoms with van der Waals surface area (Å²) in [5.41, 5.74) is 0.903. The Morgan fingerprint density at radius 1 is 0.808 bits per heavy atom. The maximum absolute atomic E-state index is 13.6. The van der Waals surface area contributed by atoms with Crippen LogP contribution in [0.1, 0.15) is 89.4 Å². The molecule has 0 amide bonds. The third kappa shape index (κ3) is 7.21. The van der Waals surface area contributed by atoms with Gasteiger partial charge in [-0.05, 0) is 0 Å². The van der Waals surface area contributed by atoms with Crippen LogP contribution in [0.2, 0.25) is 13.3 Å². The van der Waals surface area contributed by atoms with Gasteiger partial charge >= 0.3 is 167 Å². The quantitative estimate of drug-likeness (QED) is 0.155. The molecule has 2 heteroatoms. The van der Waals surface area contributed by atoms with Crippen LogP contribution in [-0.4, -0.2) is 24.2 Å². The van der Waals surface area contributed by atoms with E-state index in [9.17, 15) is 4.79 Å². The fraction of sp³-hybridized carbons (Fsp3) is 0.625. The molecule has 0 heterocycles. The fourth-order valence-electron chi connectivity index (χ4n) is 3.91. The van der Waals surface area contributed by atoms with E-state index in [1.54, 1.807) is 0 Å². The van der Waals surface area contributed by atoms with Crippen molar-refractivity contribution >= 4 is 24.2 Å². The van der Waals surface area contributed by atoms with Gasteiger partial charge in [0, 0.05) is 0 Å². The van der Waals surface area contributed by atoms with Crippen molar-refractivity contribution in [3.05, 3.63) is 45.6 Å². The Bertz CT molecular complexity index is 511. The number of ketones is 1. The van der Waals surface area contributed by atoms with Crippen molar-refractivity contribution in [2.24, 2.45) is 0 Å². The second-order valence-electron chi connectivity index (χ2n) is 7.69. The first-order valence-corrected chi connectivity index (χ1v) is 18.4. The van der Waals surface area contributed by atoms with E-state index in [1.807, 2.05) is 30.3 Å². The molecule has 1 aromatic carbocycles. The Morgan fingerprint density at radius 2 is 1.31 bits per heavy atom. The van der Waals surface area contributed by atoms with Crippen LogP contribution in [0.4, 0.5) is 0 Å². The van der Waals surface area contributed by atoms with Gasteiger partial charge < -0.3 is 0 Å². The van der Waals surface area contributed by atoms with Crippen molar-refractivity contribution < 1.29 is 4.79 Å². The van der Waals surface area contributed by atoms with Crippen LogP contribution in [0.5, 0.6) is 0 Å². The molecular formula is C24H40OSn. The van der Waals surface area contributed by atoms with Crippen LogP contribution in [0.25, 0.3) is 0 Å². The minimum atomic E-state index is -2.69. The third-order valence-electron chi connectivity index (χ3n) is 5.52. The van der Waals surface area contributed by atoms with E-state index < -0.39 is 18.4 Å². The van der Waals surface area contributed by atoms with Crippen molar-refractivity contribution in [2.75, 3.05) is 0 Å². The molecule has 0 N–H and O–H groups in total. The number of carbonyl (C=O) groups excluding carboxylic acids is 1. The number of Topliss-reactive ketones (excluding diaryl/α,β-unsaturated/α-hetero) is 1. The molecule has 0 aromatic heterocycles. The molecule has 0 bridgehead atoms. The van der Waals surface area contributed by atoms with Crippen molar-refractivity contribution in [3.63, 3.8) is 0 Å². The Kier molecular flexibility index (Phi) is 12.3. The zero-order valence-corrected chi connectivity index (χ0v) is 20.5. The van der Waals surface area contributed by atoms with Gasteiger partial charge in [0.05, 0.1) is 0 Å². The maximum atomic E-state index is 13.6. The number of allylic oxidation sites excluding steroid dienone is 2. The number of hydrogen-bond acceptors (Lipinski definition) is 1. The van der Waals surface area contributed by atoms with E-state index in [0.717, 1.165) is 18.4 Å². The average molecular weight is 463 g/mol. The molecule has 146 valence electrons. The van der Waals surface area contributed by atoms with Gasteiger partial charge in [-0.1, -0.05) is 0 Å². The Hall–Kier alpha value is -0.571. The van der Waals surface area contributed by atoms with Crippen LogP contribution in [0, 0.1) is 0 Å². The van der Waals surface area contributed by atoms with Crippen LogP contribution < -0.4 is 0 Å². The molecule has 0 saturated heterocycles. The molecule has 1 nitrogen and oxygen atoms in total. The van der Waals surface area contributed by atoms with Gasteiger partial charge in [0.25, 0.3) is 0 Å².